The third-order valence-electron chi connectivity index (χ3n) is 3.45. The van der Waals surface area contributed by atoms with E-state index in [9.17, 15) is 18.0 Å². The van der Waals surface area contributed by atoms with Crippen LogP contribution < -0.4 is 10.2 Å². The molecule has 2 amide bonds. The molecule has 0 unspecified atom stereocenters. The summed E-state index contributed by atoms with van der Waals surface area (Å²) in [4.78, 5) is 15.0. The lowest BCUT2D eigenvalue weighted by Crippen LogP contribution is -2.52. The molecular formula is C14H18F3N3O. The number of piperazine rings is 1. The van der Waals surface area contributed by atoms with E-state index in [1.54, 1.807) is 9.80 Å². The number of hydrogen-bond donors (Lipinski definition) is 1. The summed E-state index contributed by atoms with van der Waals surface area (Å²) in [5, 5.41) is 2.77. The van der Waals surface area contributed by atoms with E-state index in [1.165, 1.54) is 6.07 Å². The van der Waals surface area contributed by atoms with E-state index in [1.807, 2.05) is 6.92 Å². The second-order valence-electron chi connectivity index (χ2n) is 4.90. The Bertz CT molecular complexity index is 516. The Kier molecular flexibility index (Phi) is 4.93. The molecular weight excluding hydrogens is 283 g/mol. The van der Waals surface area contributed by atoms with Crippen LogP contribution in [0.1, 0.15) is 13.3 Å². The third kappa shape index (κ3) is 3.40. The molecule has 1 fully saturated rings. The van der Waals surface area contributed by atoms with Crippen LogP contribution in [0, 0.1) is 17.5 Å². The minimum atomic E-state index is -1.46. The highest BCUT2D eigenvalue weighted by molar-refractivity contribution is 5.74. The first kappa shape index (κ1) is 15.5. The van der Waals surface area contributed by atoms with E-state index in [-0.39, 0.29) is 11.7 Å². The molecule has 116 valence electrons. The van der Waals surface area contributed by atoms with E-state index in [0.29, 0.717) is 32.7 Å². The molecule has 0 spiro atoms. The van der Waals surface area contributed by atoms with E-state index in [0.717, 1.165) is 12.5 Å². The van der Waals surface area contributed by atoms with Crippen LogP contribution in [0.15, 0.2) is 12.1 Å². The van der Waals surface area contributed by atoms with E-state index < -0.39 is 17.5 Å². The van der Waals surface area contributed by atoms with Gasteiger partial charge < -0.3 is 15.1 Å². The van der Waals surface area contributed by atoms with Crippen molar-refractivity contribution in [1.29, 1.82) is 0 Å². The first-order valence-electron chi connectivity index (χ1n) is 6.95. The number of hydrogen-bond acceptors (Lipinski definition) is 2. The Morgan fingerprint density at radius 2 is 1.81 bits per heavy atom. The average molecular weight is 301 g/mol. The summed E-state index contributed by atoms with van der Waals surface area (Å²) in [6, 6.07) is 1.98. The predicted octanol–water partition coefficient (Wildman–Crippen LogP) is 2.35. The van der Waals surface area contributed by atoms with Gasteiger partial charge >= 0.3 is 6.03 Å². The molecule has 1 aliphatic rings. The van der Waals surface area contributed by atoms with Gasteiger partial charge in [-0.15, -0.1) is 0 Å². The van der Waals surface area contributed by atoms with Gasteiger partial charge in [0.15, 0.2) is 17.5 Å². The molecule has 1 aliphatic heterocycles. The average Bonchev–Trinajstić information content (AvgIpc) is 2.51. The first-order chi connectivity index (χ1) is 10.0. The minimum Gasteiger partial charge on any atom is -0.366 e. The van der Waals surface area contributed by atoms with Crippen LogP contribution in [0.3, 0.4) is 0 Å². The number of nitrogens with zero attached hydrogens (tertiary/aromatic N) is 2. The molecule has 0 radical (unpaired) electrons. The number of urea groups is 1. The monoisotopic (exact) mass is 301 g/mol. The molecule has 1 heterocycles. The maximum Gasteiger partial charge on any atom is 0.317 e. The first-order valence-corrected chi connectivity index (χ1v) is 6.95. The number of nitrogens with one attached hydrogen (secondary N) is 1. The van der Waals surface area contributed by atoms with Crippen molar-refractivity contribution in [3.05, 3.63) is 29.6 Å². The van der Waals surface area contributed by atoms with E-state index in [4.69, 9.17) is 0 Å². The quantitative estimate of drug-likeness (QED) is 0.870. The smallest absolute Gasteiger partial charge is 0.317 e. The van der Waals surface area contributed by atoms with Gasteiger partial charge in [-0.05, 0) is 18.6 Å². The topological polar surface area (TPSA) is 35.6 Å². The Balaban J connectivity index is 1.98. The molecule has 0 aliphatic carbocycles. The van der Waals surface area contributed by atoms with E-state index in [2.05, 4.69) is 5.32 Å². The number of rotatable bonds is 3. The van der Waals surface area contributed by atoms with Gasteiger partial charge in [-0.1, -0.05) is 6.92 Å². The Hall–Kier alpha value is -1.92. The summed E-state index contributed by atoms with van der Waals surface area (Å²) in [5.74, 6) is -3.84. The maximum absolute atomic E-state index is 13.7. The summed E-state index contributed by atoms with van der Waals surface area (Å²) in [7, 11) is 0. The molecule has 0 bridgehead atoms. The van der Waals surface area contributed by atoms with Crippen molar-refractivity contribution in [3.8, 4) is 0 Å². The summed E-state index contributed by atoms with van der Waals surface area (Å²) >= 11 is 0. The van der Waals surface area contributed by atoms with Crippen LogP contribution in [0.25, 0.3) is 0 Å². The Labute approximate surface area is 121 Å². The molecule has 1 N–H and O–H groups in total. The van der Waals surface area contributed by atoms with Crippen molar-refractivity contribution in [1.82, 2.24) is 10.2 Å². The predicted molar refractivity (Wildman–Crippen MR) is 73.8 cm³/mol. The molecule has 1 aromatic carbocycles. The molecule has 4 nitrogen and oxygen atoms in total. The van der Waals surface area contributed by atoms with Gasteiger partial charge in [-0.3, -0.25) is 0 Å². The largest absolute Gasteiger partial charge is 0.366 e. The molecule has 0 aromatic heterocycles. The van der Waals surface area contributed by atoms with Gasteiger partial charge in [0.25, 0.3) is 0 Å². The van der Waals surface area contributed by atoms with E-state index >= 15 is 0 Å². The summed E-state index contributed by atoms with van der Waals surface area (Å²) in [5.41, 5.74) is 0.0301. The van der Waals surface area contributed by atoms with Crippen LogP contribution in [0.5, 0.6) is 0 Å². The lowest BCUT2D eigenvalue weighted by atomic mass is 10.2. The van der Waals surface area contributed by atoms with Gasteiger partial charge in [0.1, 0.15) is 0 Å². The second-order valence-corrected chi connectivity index (χ2v) is 4.90. The number of amides is 2. The van der Waals surface area contributed by atoms with Gasteiger partial charge in [-0.25, -0.2) is 18.0 Å². The van der Waals surface area contributed by atoms with Crippen molar-refractivity contribution in [3.63, 3.8) is 0 Å². The van der Waals surface area contributed by atoms with Gasteiger partial charge in [0.05, 0.1) is 5.69 Å². The second kappa shape index (κ2) is 6.69. The van der Waals surface area contributed by atoms with Crippen molar-refractivity contribution in [2.24, 2.45) is 0 Å². The van der Waals surface area contributed by atoms with Crippen LogP contribution >= 0.6 is 0 Å². The van der Waals surface area contributed by atoms with Crippen molar-refractivity contribution < 1.29 is 18.0 Å². The lowest BCUT2D eigenvalue weighted by Gasteiger charge is -2.36. The molecule has 0 atom stereocenters. The van der Waals surface area contributed by atoms with Crippen LogP contribution in [-0.2, 0) is 0 Å². The van der Waals surface area contributed by atoms with Gasteiger partial charge in [0, 0.05) is 32.7 Å². The van der Waals surface area contributed by atoms with Gasteiger partial charge in [0.2, 0.25) is 0 Å². The van der Waals surface area contributed by atoms with Gasteiger partial charge in [-0.2, -0.15) is 0 Å². The highest BCUT2D eigenvalue weighted by Gasteiger charge is 2.24. The number of benzene rings is 1. The van der Waals surface area contributed by atoms with Crippen LogP contribution in [-0.4, -0.2) is 43.7 Å². The molecule has 0 saturated carbocycles. The van der Waals surface area contributed by atoms with Crippen molar-refractivity contribution in [2.75, 3.05) is 37.6 Å². The zero-order chi connectivity index (χ0) is 15.4. The van der Waals surface area contributed by atoms with Crippen molar-refractivity contribution in [2.45, 2.75) is 13.3 Å². The lowest BCUT2D eigenvalue weighted by molar-refractivity contribution is 0.194. The zero-order valence-electron chi connectivity index (χ0n) is 11.8. The fraction of sp³-hybridized carbons (Fsp3) is 0.500. The highest BCUT2D eigenvalue weighted by Crippen LogP contribution is 2.24. The molecule has 21 heavy (non-hydrogen) atoms. The Morgan fingerprint density at radius 1 is 1.14 bits per heavy atom. The summed E-state index contributed by atoms with van der Waals surface area (Å²) in [6.07, 6.45) is 0.853. The fourth-order valence-electron chi connectivity index (χ4n) is 2.25. The van der Waals surface area contributed by atoms with Crippen LogP contribution in [0.2, 0.25) is 0 Å². The minimum absolute atomic E-state index is 0.0301. The summed E-state index contributed by atoms with van der Waals surface area (Å²) < 4.78 is 39.9. The summed E-state index contributed by atoms with van der Waals surface area (Å²) in [6.45, 7) is 4.14. The standard InChI is InChI=1S/C14H18F3N3O/c1-2-5-18-14(21)20-8-6-19(7-9-20)11-4-3-10(15)12(16)13(11)17/h3-4H,2,5-9H2,1H3,(H,18,21). The molecule has 1 aromatic rings. The SMILES string of the molecule is CCCNC(=O)N1CCN(c2ccc(F)c(F)c2F)CC1. The zero-order valence-corrected chi connectivity index (χ0v) is 11.8. The Morgan fingerprint density at radius 3 is 2.43 bits per heavy atom. The number of anilines is 1. The number of halogens is 3. The third-order valence-corrected chi connectivity index (χ3v) is 3.45. The molecule has 1 saturated heterocycles. The van der Waals surface area contributed by atoms with Crippen molar-refractivity contribution >= 4 is 11.7 Å². The van der Waals surface area contributed by atoms with Crippen LogP contribution in [0.4, 0.5) is 23.7 Å². The fourth-order valence-corrected chi connectivity index (χ4v) is 2.25. The number of carbonyl (C=O) groups is 1. The highest BCUT2D eigenvalue weighted by atomic mass is 19.2. The molecule has 2 rings (SSSR count). The maximum atomic E-state index is 13.7. The molecule has 7 heteroatoms. The number of carbonyl (C=O) groups excluding carboxylic acids is 1. The normalized spacial score (nSPS) is 15.2.